The number of nitrogens with zero attached hydrogens (tertiary/aromatic N) is 6. The van der Waals surface area contributed by atoms with Gasteiger partial charge in [0.15, 0.2) is 5.82 Å². The highest BCUT2D eigenvalue weighted by Gasteiger charge is 2.29. The van der Waals surface area contributed by atoms with Crippen molar-refractivity contribution in [2.75, 3.05) is 13.1 Å². The van der Waals surface area contributed by atoms with Gasteiger partial charge in [0.2, 0.25) is 0 Å². The van der Waals surface area contributed by atoms with Gasteiger partial charge < -0.3 is 4.90 Å². The number of hydrogen-bond donors (Lipinski definition) is 1. The van der Waals surface area contributed by atoms with E-state index in [0.717, 1.165) is 18.5 Å². The molecule has 0 radical (unpaired) electrons. The van der Waals surface area contributed by atoms with Crippen LogP contribution in [0.2, 0.25) is 0 Å². The van der Waals surface area contributed by atoms with Crippen molar-refractivity contribution in [2.45, 2.75) is 38.1 Å². The largest absolute Gasteiger partial charge is 0.337 e. The third kappa shape index (κ3) is 3.72. The number of piperidine rings is 1. The minimum absolute atomic E-state index is 0.0115. The van der Waals surface area contributed by atoms with Crippen LogP contribution in [0.15, 0.2) is 41.5 Å². The molecule has 1 aliphatic carbocycles. The van der Waals surface area contributed by atoms with Crippen molar-refractivity contribution < 1.29 is 4.79 Å². The molecule has 0 spiro atoms. The smallest absolute Gasteiger partial charge is 0.274 e. The quantitative estimate of drug-likeness (QED) is 0.709. The van der Waals surface area contributed by atoms with Crippen molar-refractivity contribution in [3.05, 3.63) is 58.4 Å². The monoisotopic (exact) mass is 393 g/mol. The van der Waals surface area contributed by atoms with E-state index < -0.39 is 0 Å². The zero-order chi connectivity index (χ0) is 19.8. The van der Waals surface area contributed by atoms with E-state index in [0.29, 0.717) is 43.0 Å². The number of carbonyl (C=O) groups excluding carboxylic acids is 1. The Hall–Kier alpha value is -3.23. The number of aromatic amines is 1. The van der Waals surface area contributed by atoms with Crippen LogP contribution in [0.5, 0.6) is 0 Å². The molecular formula is C20H23N7O2. The Balaban J connectivity index is 1.21. The molecule has 150 valence electrons. The van der Waals surface area contributed by atoms with E-state index in [9.17, 15) is 9.59 Å². The Morgan fingerprint density at radius 2 is 2.00 bits per heavy atom. The number of nitrogens with one attached hydrogen (secondary N) is 1. The Bertz CT molecular complexity index is 1060. The number of aromatic nitrogens is 6. The van der Waals surface area contributed by atoms with Crippen molar-refractivity contribution in [3.8, 4) is 5.82 Å². The molecule has 3 aromatic heterocycles. The standard InChI is InChI=1S/C20H23N7O2/c28-19-5-4-18(26-9-1-8-21-26)24-27(19)13-14-6-10-25(11-7-14)20(29)17-12-16(22-23-17)15-2-3-15/h1,4-5,8-9,12,14-15H,2-3,6-7,10-11,13H2,(H,22,23). The lowest BCUT2D eigenvalue weighted by Crippen LogP contribution is -2.40. The van der Waals surface area contributed by atoms with Gasteiger partial charge in [0.25, 0.3) is 11.5 Å². The van der Waals surface area contributed by atoms with Gasteiger partial charge in [0, 0.05) is 49.7 Å². The van der Waals surface area contributed by atoms with Crippen LogP contribution in [-0.2, 0) is 6.54 Å². The van der Waals surface area contributed by atoms with Gasteiger partial charge in [-0.3, -0.25) is 14.7 Å². The lowest BCUT2D eigenvalue weighted by atomic mass is 9.96. The summed E-state index contributed by atoms with van der Waals surface area (Å²) in [5, 5.41) is 15.8. The summed E-state index contributed by atoms with van der Waals surface area (Å²) in [6.45, 7) is 1.88. The highest BCUT2D eigenvalue weighted by Crippen LogP contribution is 2.39. The second kappa shape index (κ2) is 7.31. The number of hydrogen-bond acceptors (Lipinski definition) is 5. The molecule has 1 saturated carbocycles. The minimum Gasteiger partial charge on any atom is -0.337 e. The lowest BCUT2D eigenvalue weighted by Gasteiger charge is -2.31. The first-order valence-corrected chi connectivity index (χ1v) is 10.1. The zero-order valence-corrected chi connectivity index (χ0v) is 16.1. The molecular weight excluding hydrogens is 370 g/mol. The molecule has 1 amide bonds. The first-order valence-electron chi connectivity index (χ1n) is 10.1. The number of likely N-dealkylation sites (tertiary alicyclic amines) is 1. The zero-order valence-electron chi connectivity index (χ0n) is 16.1. The van der Waals surface area contributed by atoms with E-state index in [1.807, 2.05) is 17.0 Å². The van der Waals surface area contributed by atoms with Gasteiger partial charge in [-0.2, -0.15) is 10.2 Å². The highest BCUT2D eigenvalue weighted by molar-refractivity contribution is 5.92. The SMILES string of the molecule is O=C(c1cc(C2CC2)[nH]n1)N1CCC(Cn2nc(-n3cccn3)ccc2=O)CC1. The maximum absolute atomic E-state index is 12.7. The summed E-state index contributed by atoms with van der Waals surface area (Å²) in [6.07, 6.45) is 7.51. The van der Waals surface area contributed by atoms with E-state index in [1.165, 1.54) is 23.6 Å². The predicted molar refractivity (Wildman–Crippen MR) is 105 cm³/mol. The van der Waals surface area contributed by atoms with Gasteiger partial charge in [0.05, 0.1) is 0 Å². The van der Waals surface area contributed by atoms with Crippen LogP contribution in [0.25, 0.3) is 5.82 Å². The number of carbonyl (C=O) groups is 1. The summed E-state index contributed by atoms with van der Waals surface area (Å²) in [5.74, 6) is 1.46. The topological polar surface area (TPSA) is 102 Å². The Kier molecular flexibility index (Phi) is 4.49. The molecule has 1 saturated heterocycles. The molecule has 9 heteroatoms. The molecule has 0 atom stereocenters. The summed E-state index contributed by atoms with van der Waals surface area (Å²) in [6, 6.07) is 6.91. The molecule has 2 fully saturated rings. The summed E-state index contributed by atoms with van der Waals surface area (Å²) in [7, 11) is 0. The van der Waals surface area contributed by atoms with Gasteiger partial charge in [0.1, 0.15) is 5.69 Å². The second-order valence-electron chi connectivity index (χ2n) is 7.88. The normalized spacial score (nSPS) is 17.6. The maximum atomic E-state index is 12.7. The van der Waals surface area contributed by atoms with Gasteiger partial charge in [-0.05, 0) is 49.8 Å². The number of rotatable bonds is 5. The fourth-order valence-corrected chi connectivity index (χ4v) is 3.87. The summed E-state index contributed by atoms with van der Waals surface area (Å²) < 4.78 is 3.14. The number of H-pyrrole nitrogens is 1. The van der Waals surface area contributed by atoms with Gasteiger partial charge >= 0.3 is 0 Å². The van der Waals surface area contributed by atoms with Crippen LogP contribution in [-0.4, -0.2) is 53.7 Å². The van der Waals surface area contributed by atoms with Crippen LogP contribution in [0.4, 0.5) is 0 Å². The molecule has 9 nitrogen and oxygen atoms in total. The molecule has 3 aromatic rings. The van der Waals surface area contributed by atoms with Crippen LogP contribution in [0.1, 0.15) is 47.8 Å². The van der Waals surface area contributed by atoms with Gasteiger partial charge in [-0.15, -0.1) is 5.10 Å². The molecule has 1 aliphatic heterocycles. The Labute approximate surface area is 167 Å². The van der Waals surface area contributed by atoms with Crippen molar-refractivity contribution in [1.29, 1.82) is 0 Å². The molecule has 2 aliphatic rings. The van der Waals surface area contributed by atoms with E-state index in [1.54, 1.807) is 23.1 Å². The fraction of sp³-hybridized carbons (Fsp3) is 0.450. The summed E-state index contributed by atoms with van der Waals surface area (Å²) in [5.41, 5.74) is 1.46. The summed E-state index contributed by atoms with van der Waals surface area (Å²) in [4.78, 5) is 26.8. The van der Waals surface area contributed by atoms with Gasteiger partial charge in [-0.25, -0.2) is 9.36 Å². The van der Waals surface area contributed by atoms with Crippen LogP contribution in [0.3, 0.4) is 0 Å². The molecule has 4 heterocycles. The Morgan fingerprint density at radius 1 is 1.17 bits per heavy atom. The molecule has 5 rings (SSSR count). The van der Waals surface area contributed by atoms with Crippen LogP contribution < -0.4 is 5.56 Å². The average molecular weight is 393 g/mol. The number of amides is 1. The maximum Gasteiger partial charge on any atom is 0.274 e. The van der Waals surface area contributed by atoms with Crippen molar-refractivity contribution >= 4 is 5.91 Å². The predicted octanol–water partition coefficient (Wildman–Crippen LogP) is 1.58. The molecule has 0 bridgehead atoms. The third-order valence-corrected chi connectivity index (χ3v) is 5.76. The van der Waals surface area contributed by atoms with Crippen molar-refractivity contribution in [1.82, 2.24) is 34.7 Å². The van der Waals surface area contributed by atoms with E-state index in [4.69, 9.17) is 0 Å². The van der Waals surface area contributed by atoms with Crippen molar-refractivity contribution in [3.63, 3.8) is 0 Å². The molecule has 1 N–H and O–H groups in total. The van der Waals surface area contributed by atoms with E-state index >= 15 is 0 Å². The summed E-state index contributed by atoms with van der Waals surface area (Å²) >= 11 is 0. The first kappa shape index (κ1) is 17.8. The molecule has 29 heavy (non-hydrogen) atoms. The van der Waals surface area contributed by atoms with Crippen LogP contribution >= 0.6 is 0 Å². The van der Waals surface area contributed by atoms with Crippen LogP contribution in [0, 0.1) is 5.92 Å². The lowest BCUT2D eigenvalue weighted by molar-refractivity contribution is 0.0674. The first-order chi connectivity index (χ1) is 14.2. The van der Waals surface area contributed by atoms with E-state index in [2.05, 4.69) is 20.4 Å². The average Bonchev–Trinajstić information content (AvgIpc) is 3.24. The minimum atomic E-state index is -0.122. The van der Waals surface area contributed by atoms with Gasteiger partial charge in [-0.1, -0.05) is 0 Å². The highest BCUT2D eigenvalue weighted by atomic mass is 16.2. The molecule has 0 unspecified atom stereocenters. The second-order valence-corrected chi connectivity index (χ2v) is 7.88. The molecule has 0 aromatic carbocycles. The fourth-order valence-electron chi connectivity index (χ4n) is 3.87. The third-order valence-electron chi connectivity index (χ3n) is 5.76. The van der Waals surface area contributed by atoms with E-state index in [-0.39, 0.29) is 11.5 Å². The van der Waals surface area contributed by atoms with Crippen molar-refractivity contribution in [2.24, 2.45) is 5.92 Å². The Morgan fingerprint density at radius 3 is 2.72 bits per heavy atom.